The van der Waals surface area contributed by atoms with Crippen molar-refractivity contribution < 1.29 is 28.7 Å². The van der Waals surface area contributed by atoms with Crippen LogP contribution in [0.3, 0.4) is 0 Å². The number of urea groups is 1. The van der Waals surface area contributed by atoms with Crippen molar-refractivity contribution in [2.45, 2.75) is 32.9 Å². The molecule has 0 bridgehead atoms. The lowest BCUT2D eigenvalue weighted by Gasteiger charge is -2.36. The molecule has 1 N–H and O–H groups in total. The van der Waals surface area contributed by atoms with E-state index in [1.54, 1.807) is 63.2 Å². The summed E-state index contributed by atoms with van der Waals surface area (Å²) in [4.78, 5) is 65.2. The largest absolute Gasteiger partial charge is 0.496 e. The summed E-state index contributed by atoms with van der Waals surface area (Å²) in [5, 5.41) is 2.19. The van der Waals surface area contributed by atoms with Crippen LogP contribution < -0.4 is 10.1 Å². The number of methoxy groups -OCH3 is 1. The fourth-order valence-electron chi connectivity index (χ4n) is 4.00. The molecule has 0 atom stereocenters. The van der Waals surface area contributed by atoms with Gasteiger partial charge in [0.15, 0.2) is 0 Å². The Labute approximate surface area is 196 Å². The van der Waals surface area contributed by atoms with Crippen LogP contribution in [0.5, 0.6) is 5.75 Å². The molecule has 0 radical (unpaired) electrons. The van der Waals surface area contributed by atoms with Crippen LogP contribution in [0.1, 0.15) is 52.6 Å². The first-order chi connectivity index (χ1) is 16.0. The van der Waals surface area contributed by atoms with Gasteiger partial charge in [-0.2, -0.15) is 0 Å². The maximum absolute atomic E-state index is 12.9. The Bertz CT molecular complexity index is 1250. The van der Waals surface area contributed by atoms with E-state index >= 15 is 0 Å². The van der Waals surface area contributed by atoms with Gasteiger partial charge in [-0.3, -0.25) is 34.3 Å². The van der Waals surface area contributed by atoms with Crippen molar-refractivity contribution >= 4 is 35.7 Å². The maximum atomic E-state index is 12.9. The number of fused-ring (bicyclic) bond motifs is 1. The molecule has 2 aliphatic heterocycles. The van der Waals surface area contributed by atoms with Gasteiger partial charge in [-0.25, -0.2) is 4.79 Å². The van der Waals surface area contributed by atoms with Gasteiger partial charge in [-0.05, 0) is 56.7 Å². The van der Waals surface area contributed by atoms with Gasteiger partial charge in [0, 0.05) is 11.1 Å². The number of ether oxygens (including phenoxy) is 1. The monoisotopic (exact) mass is 461 g/mol. The fraction of sp³-hybridized carbons (Fsp3) is 0.240. The first-order valence-electron chi connectivity index (χ1n) is 10.6. The number of benzene rings is 2. The standard InChI is InChI=1S/C25H23N3O6/c1-25(2,3)28-23(32)18(20(29)26-24(28)33)12-14-9-10-19(34-4)15(11-14)13-27-21(30)16-7-5-6-8-17(16)22(27)31/h5-12H,13H2,1-4H3,(H,26,29,33)/b18-12-. The quantitative estimate of drug-likeness (QED) is 0.426. The maximum Gasteiger partial charge on any atom is 0.331 e. The minimum Gasteiger partial charge on any atom is -0.496 e. The minimum absolute atomic E-state index is 0.0563. The molecule has 174 valence electrons. The van der Waals surface area contributed by atoms with Crippen molar-refractivity contribution in [2.75, 3.05) is 7.11 Å². The van der Waals surface area contributed by atoms with Gasteiger partial charge in [0.1, 0.15) is 11.3 Å². The Morgan fingerprint density at radius 3 is 2.09 bits per heavy atom. The number of amides is 6. The molecule has 2 aromatic carbocycles. The Kier molecular flexibility index (Phi) is 5.56. The van der Waals surface area contributed by atoms with Crippen LogP contribution >= 0.6 is 0 Å². The predicted octanol–water partition coefficient (Wildman–Crippen LogP) is 2.75. The molecule has 34 heavy (non-hydrogen) atoms. The molecule has 1 fully saturated rings. The molecule has 0 aromatic heterocycles. The number of nitrogens with one attached hydrogen (secondary N) is 1. The molecule has 2 aromatic rings. The second-order valence-electron chi connectivity index (χ2n) is 8.94. The van der Waals surface area contributed by atoms with Crippen LogP contribution in [-0.2, 0) is 16.1 Å². The molecule has 0 aliphatic carbocycles. The summed E-state index contributed by atoms with van der Waals surface area (Å²) in [6.07, 6.45) is 1.37. The highest BCUT2D eigenvalue weighted by Crippen LogP contribution is 2.29. The first kappa shape index (κ1) is 22.9. The van der Waals surface area contributed by atoms with Crippen molar-refractivity contribution in [1.29, 1.82) is 0 Å². The van der Waals surface area contributed by atoms with Crippen LogP contribution in [0.25, 0.3) is 6.08 Å². The van der Waals surface area contributed by atoms with E-state index in [1.807, 2.05) is 0 Å². The van der Waals surface area contributed by atoms with Crippen LogP contribution in [0.15, 0.2) is 48.0 Å². The highest BCUT2D eigenvalue weighted by atomic mass is 16.5. The second kappa shape index (κ2) is 8.26. The lowest BCUT2D eigenvalue weighted by Crippen LogP contribution is -2.60. The third-order valence-corrected chi connectivity index (χ3v) is 5.59. The Morgan fingerprint density at radius 2 is 1.53 bits per heavy atom. The summed E-state index contributed by atoms with van der Waals surface area (Å²) in [6.45, 7) is 5.00. The van der Waals surface area contributed by atoms with E-state index in [9.17, 15) is 24.0 Å². The summed E-state index contributed by atoms with van der Waals surface area (Å²) >= 11 is 0. The zero-order valence-electron chi connectivity index (χ0n) is 19.2. The Balaban J connectivity index is 1.68. The lowest BCUT2D eigenvalue weighted by atomic mass is 10.00. The normalized spacial score (nSPS) is 17.4. The summed E-state index contributed by atoms with van der Waals surface area (Å²) in [5.74, 6) is -1.89. The number of imide groups is 3. The summed E-state index contributed by atoms with van der Waals surface area (Å²) < 4.78 is 5.40. The number of barbiturate groups is 1. The van der Waals surface area contributed by atoms with E-state index < -0.39 is 35.2 Å². The molecule has 2 aliphatic rings. The lowest BCUT2D eigenvalue weighted by molar-refractivity contribution is -0.133. The molecule has 6 amide bonds. The zero-order valence-corrected chi connectivity index (χ0v) is 19.2. The molecule has 1 saturated heterocycles. The van der Waals surface area contributed by atoms with Crippen molar-refractivity contribution in [3.05, 3.63) is 70.3 Å². The van der Waals surface area contributed by atoms with Crippen LogP contribution in [0.2, 0.25) is 0 Å². The average molecular weight is 461 g/mol. The van der Waals surface area contributed by atoms with Crippen molar-refractivity contribution in [3.63, 3.8) is 0 Å². The number of hydrogen-bond acceptors (Lipinski definition) is 6. The van der Waals surface area contributed by atoms with E-state index in [1.165, 1.54) is 13.2 Å². The highest BCUT2D eigenvalue weighted by molar-refractivity contribution is 6.31. The molecule has 2 heterocycles. The molecular weight excluding hydrogens is 438 g/mol. The van der Waals surface area contributed by atoms with E-state index in [4.69, 9.17) is 4.74 Å². The zero-order chi connectivity index (χ0) is 24.8. The number of hydrogen-bond donors (Lipinski definition) is 1. The van der Waals surface area contributed by atoms with Crippen LogP contribution in [0.4, 0.5) is 4.79 Å². The molecule has 9 heteroatoms. The number of nitrogens with zero attached hydrogens (tertiary/aromatic N) is 2. The van der Waals surface area contributed by atoms with Gasteiger partial charge < -0.3 is 4.74 Å². The van der Waals surface area contributed by atoms with Crippen LogP contribution in [-0.4, -0.2) is 52.1 Å². The summed E-state index contributed by atoms with van der Waals surface area (Å²) in [5.41, 5.74) is 0.610. The van der Waals surface area contributed by atoms with Gasteiger partial charge in [0.25, 0.3) is 23.6 Å². The van der Waals surface area contributed by atoms with Gasteiger partial charge in [-0.1, -0.05) is 18.2 Å². The number of carbonyl (C=O) groups is 5. The third kappa shape index (κ3) is 3.85. The number of rotatable bonds is 4. The molecule has 0 saturated carbocycles. The van der Waals surface area contributed by atoms with Gasteiger partial charge in [0.2, 0.25) is 0 Å². The first-order valence-corrected chi connectivity index (χ1v) is 10.6. The Hall–Kier alpha value is -4.27. The summed E-state index contributed by atoms with van der Waals surface area (Å²) in [6, 6.07) is 10.7. The Morgan fingerprint density at radius 1 is 0.912 bits per heavy atom. The number of carbonyl (C=O) groups excluding carboxylic acids is 5. The topological polar surface area (TPSA) is 113 Å². The van der Waals surface area contributed by atoms with Crippen molar-refractivity contribution in [2.24, 2.45) is 0 Å². The molecule has 0 spiro atoms. The second-order valence-corrected chi connectivity index (χ2v) is 8.94. The third-order valence-electron chi connectivity index (χ3n) is 5.59. The van der Waals surface area contributed by atoms with Crippen molar-refractivity contribution in [1.82, 2.24) is 15.1 Å². The predicted molar refractivity (Wildman–Crippen MR) is 122 cm³/mol. The van der Waals surface area contributed by atoms with E-state index in [2.05, 4.69) is 5.32 Å². The van der Waals surface area contributed by atoms with Gasteiger partial charge in [-0.15, -0.1) is 0 Å². The summed E-state index contributed by atoms with van der Waals surface area (Å²) in [7, 11) is 1.46. The van der Waals surface area contributed by atoms with Gasteiger partial charge >= 0.3 is 6.03 Å². The molecule has 9 nitrogen and oxygen atoms in total. The highest BCUT2D eigenvalue weighted by Gasteiger charge is 2.41. The fourth-order valence-corrected chi connectivity index (χ4v) is 4.00. The van der Waals surface area contributed by atoms with E-state index in [-0.39, 0.29) is 12.1 Å². The smallest absolute Gasteiger partial charge is 0.331 e. The molecule has 4 rings (SSSR count). The molecular formula is C25H23N3O6. The SMILES string of the molecule is COc1ccc(/C=C2/C(=O)NC(=O)N(C(C)(C)C)C2=O)cc1CN1C(=O)c2ccccc2C1=O. The van der Waals surface area contributed by atoms with Crippen molar-refractivity contribution in [3.8, 4) is 5.75 Å². The van der Waals surface area contributed by atoms with Crippen LogP contribution in [0, 0.1) is 0 Å². The molecule has 0 unspecified atom stereocenters. The van der Waals surface area contributed by atoms with E-state index in [0.29, 0.717) is 28.0 Å². The van der Waals surface area contributed by atoms with E-state index in [0.717, 1.165) is 9.80 Å². The minimum atomic E-state index is -0.836. The van der Waals surface area contributed by atoms with Gasteiger partial charge in [0.05, 0.1) is 24.8 Å². The average Bonchev–Trinajstić information content (AvgIpc) is 3.01.